The zero-order chi connectivity index (χ0) is 8.97. The zero-order valence-corrected chi connectivity index (χ0v) is 7.29. The Morgan fingerprint density at radius 2 is 2.50 bits per heavy atom. The standard InChI is InChI=1S/C10H14O2/c1-3-4-5-9(11)10-8(2)6-7-12-10/h3,6-7,9,11H,1,4-5H2,2H3. The molecule has 0 aliphatic carbocycles. The minimum absolute atomic E-state index is 0.488. The highest BCUT2D eigenvalue weighted by atomic mass is 16.4. The van der Waals surface area contributed by atoms with Crippen LogP contribution in [-0.4, -0.2) is 5.11 Å². The number of aryl methyl sites for hydroxylation is 1. The molecule has 66 valence electrons. The number of hydrogen-bond donors (Lipinski definition) is 1. The van der Waals surface area contributed by atoms with Gasteiger partial charge in [0.1, 0.15) is 11.9 Å². The molecule has 0 aromatic carbocycles. The summed E-state index contributed by atoms with van der Waals surface area (Å²) in [6.07, 6.45) is 4.39. The molecule has 0 saturated heterocycles. The van der Waals surface area contributed by atoms with Gasteiger partial charge in [-0.25, -0.2) is 0 Å². The summed E-state index contributed by atoms with van der Waals surface area (Å²) in [6, 6.07) is 1.85. The monoisotopic (exact) mass is 166 g/mol. The van der Waals surface area contributed by atoms with Gasteiger partial charge in [-0.15, -0.1) is 6.58 Å². The van der Waals surface area contributed by atoms with Crippen molar-refractivity contribution >= 4 is 0 Å². The van der Waals surface area contributed by atoms with Crippen molar-refractivity contribution in [3.05, 3.63) is 36.3 Å². The van der Waals surface area contributed by atoms with Gasteiger partial charge in [0.05, 0.1) is 6.26 Å². The highest BCUT2D eigenvalue weighted by Gasteiger charge is 2.11. The van der Waals surface area contributed by atoms with Gasteiger partial charge in [-0.1, -0.05) is 6.08 Å². The first kappa shape index (κ1) is 9.07. The van der Waals surface area contributed by atoms with E-state index in [4.69, 9.17) is 4.42 Å². The van der Waals surface area contributed by atoms with Gasteiger partial charge in [0.2, 0.25) is 0 Å². The Kier molecular flexibility index (Phi) is 3.11. The van der Waals surface area contributed by atoms with E-state index in [0.717, 1.165) is 12.0 Å². The lowest BCUT2D eigenvalue weighted by atomic mass is 10.1. The summed E-state index contributed by atoms with van der Waals surface area (Å²) in [5.74, 6) is 0.678. The van der Waals surface area contributed by atoms with Crippen molar-refractivity contribution in [2.24, 2.45) is 0 Å². The SMILES string of the molecule is C=CCCC(O)c1occc1C. The van der Waals surface area contributed by atoms with E-state index in [-0.39, 0.29) is 0 Å². The Morgan fingerprint density at radius 3 is 3.00 bits per heavy atom. The molecule has 1 unspecified atom stereocenters. The van der Waals surface area contributed by atoms with Crippen LogP contribution in [0.2, 0.25) is 0 Å². The van der Waals surface area contributed by atoms with Gasteiger partial charge in [-0.2, -0.15) is 0 Å². The Balaban J connectivity index is 2.58. The number of aliphatic hydroxyl groups excluding tert-OH is 1. The minimum Gasteiger partial charge on any atom is -0.466 e. The van der Waals surface area contributed by atoms with E-state index < -0.39 is 6.10 Å². The Labute approximate surface area is 72.5 Å². The van der Waals surface area contributed by atoms with E-state index in [0.29, 0.717) is 12.2 Å². The average Bonchev–Trinajstić information content (AvgIpc) is 2.47. The van der Waals surface area contributed by atoms with Gasteiger partial charge in [-0.3, -0.25) is 0 Å². The Bertz CT molecular complexity index is 250. The molecule has 1 atom stereocenters. The van der Waals surface area contributed by atoms with Crippen LogP contribution in [0.4, 0.5) is 0 Å². The Morgan fingerprint density at radius 1 is 1.75 bits per heavy atom. The van der Waals surface area contributed by atoms with E-state index in [9.17, 15) is 5.11 Å². The molecule has 1 N–H and O–H groups in total. The maximum atomic E-state index is 9.58. The molecule has 0 aliphatic heterocycles. The van der Waals surface area contributed by atoms with Crippen LogP contribution in [0.5, 0.6) is 0 Å². The van der Waals surface area contributed by atoms with Crippen molar-refractivity contribution < 1.29 is 9.52 Å². The summed E-state index contributed by atoms with van der Waals surface area (Å²) in [5.41, 5.74) is 1.01. The lowest BCUT2D eigenvalue weighted by Crippen LogP contribution is -1.96. The molecule has 0 saturated carbocycles. The van der Waals surface area contributed by atoms with Crippen LogP contribution in [0.15, 0.2) is 29.4 Å². The number of aliphatic hydroxyl groups is 1. The minimum atomic E-state index is -0.488. The van der Waals surface area contributed by atoms with E-state index in [2.05, 4.69) is 6.58 Å². The maximum Gasteiger partial charge on any atom is 0.135 e. The van der Waals surface area contributed by atoms with E-state index in [1.54, 1.807) is 12.3 Å². The molecule has 0 fully saturated rings. The van der Waals surface area contributed by atoms with Crippen LogP contribution >= 0.6 is 0 Å². The predicted molar refractivity (Wildman–Crippen MR) is 47.8 cm³/mol. The van der Waals surface area contributed by atoms with Crippen LogP contribution in [-0.2, 0) is 0 Å². The number of hydrogen-bond acceptors (Lipinski definition) is 2. The maximum absolute atomic E-state index is 9.58. The first-order valence-electron chi connectivity index (χ1n) is 4.08. The van der Waals surface area contributed by atoms with E-state index >= 15 is 0 Å². The fraction of sp³-hybridized carbons (Fsp3) is 0.400. The molecule has 12 heavy (non-hydrogen) atoms. The topological polar surface area (TPSA) is 33.4 Å². The molecule has 0 bridgehead atoms. The highest BCUT2D eigenvalue weighted by Crippen LogP contribution is 2.22. The fourth-order valence-corrected chi connectivity index (χ4v) is 1.13. The van der Waals surface area contributed by atoms with Crippen LogP contribution in [0.3, 0.4) is 0 Å². The second-order valence-electron chi connectivity index (χ2n) is 2.85. The lowest BCUT2D eigenvalue weighted by molar-refractivity contribution is 0.140. The third-order valence-corrected chi connectivity index (χ3v) is 1.85. The van der Waals surface area contributed by atoms with Crippen LogP contribution in [0, 0.1) is 6.92 Å². The van der Waals surface area contributed by atoms with Crippen molar-refractivity contribution in [1.29, 1.82) is 0 Å². The molecular formula is C10H14O2. The van der Waals surface area contributed by atoms with Gasteiger partial charge in [0, 0.05) is 0 Å². The zero-order valence-electron chi connectivity index (χ0n) is 7.29. The van der Waals surface area contributed by atoms with Crippen molar-refractivity contribution in [3.8, 4) is 0 Å². The second-order valence-corrected chi connectivity index (χ2v) is 2.85. The molecule has 1 rings (SSSR count). The predicted octanol–water partition coefficient (Wildman–Crippen LogP) is 2.59. The van der Waals surface area contributed by atoms with Crippen LogP contribution in [0.25, 0.3) is 0 Å². The van der Waals surface area contributed by atoms with Crippen LogP contribution in [0.1, 0.15) is 30.3 Å². The highest BCUT2D eigenvalue weighted by molar-refractivity contribution is 5.16. The number of rotatable bonds is 4. The van der Waals surface area contributed by atoms with Gasteiger partial charge in [0.15, 0.2) is 0 Å². The largest absolute Gasteiger partial charge is 0.466 e. The molecule has 0 spiro atoms. The van der Waals surface area contributed by atoms with Crippen molar-refractivity contribution in [1.82, 2.24) is 0 Å². The molecule has 0 amide bonds. The van der Waals surface area contributed by atoms with Crippen molar-refractivity contribution in [3.63, 3.8) is 0 Å². The molecule has 0 aliphatic rings. The van der Waals surface area contributed by atoms with Gasteiger partial charge < -0.3 is 9.52 Å². The molecule has 1 aromatic heterocycles. The quantitative estimate of drug-likeness (QED) is 0.697. The first-order chi connectivity index (χ1) is 5.75. The van der Waals surface area contributed by atoms with E-state index in [1.165, 1.54) is 0 Å². The second kappa shape index (κ2) is 4.12. The van der Waals surface area contributed by atoms with E-state index in [1.807, 2.05) is 13.0 Å². The van der Waals surface area contributed by atoms with Gasteiger partial charge in [-0.05, 0) is 31.4 Å². The third kappa shape index (κ3) is 1.98. The summed E-state index contributed by atoms with van der Waals surface area (Å²) in [6.45, 7) is 5.52. The summed E-state index contributed by atoms with van der Waals surface area (Å²) < 4.78 is 5.14. The first-order valence-corrected chi connectivity index (χ1v) is 4.08. The molecule has 2 heteroatoms. The Hall–Kier alpha value is -1.02. The van der Waals surface area contributed by atoms with Crippen molar-refractivity contribution in [2.45, 2.75) is 25.9 Å². The molecule has 1 heterocycles. The molecule has 2 nitrogen and oxygen atoms in total. The summed E-state index contributed by atoms with van der Waals surface area (Å²) in [7, 11) is 0. The number of furan rings is 1. The average molecular weight is 166 g/mol. The molecular weight excluding hydrogens is 152 g/mol. The normalized spacial score (nSPS) is 12.8. The molecule has 0 radical (unpaired) electrons. The molecule has 1 aromatic rings. The van der Waals surface area contributed by atoms with Gasteiger partial charge in [0.25, 0.3) is 0 Å². The summed E-state index contributed by atoms with van der Waals surface area (Å²) in [5, 5.41) is 9.58. The smallest absolute Gasteiger partial charge is 0.135 e. The van der Waals surface area contributed by atoms with Crippen molar-refractivity contribution in [2.75, 3.05) is 0 Å². The fourth-order valence-electron chi connectivity index (χ4n) is 1.13. The third-order valence-electron chi connectivity index (χ3n) is 1.85. The van der Waals surface area contributed by atoms with Gasteiger partial charge >= 0.3 is 0 Å². The summed E-state index contributed by atoms with van der Waals surface area (Å²) in [4.78, 5) is 0. The lowest BCUT2D eigenvalue weighted by Gasteiger charge is -2.06. The summed E-state index contributed by atoms with van der Waals surface area (Å²) >= 11 is 0. The van der Waals surface area contributed by atoms with Crippen LogP contribution < -0.4 is 0 Å². The number of allylic oxidation sites excluding steroid dienone is 1.